The molecular weight excluding hydrogens is 866 g/mol. The van der Waals surface area contributed by atoms with E-state index in [4.69, 9.17) is 0 Å². The van der Waals surface area contributed by atoms with Crippen molar-refractivity contribution < 1.29 is 47.6 Å². The molecule has 1 atom stereocenters. The van der Waals surface area contributed by atoms with Gasteiger partial charge >= 0.3 is 378 Å². The number of hydrogen-bond donors (Lipinski definition) is 0. The molecule has 0 spiro atoms. The molecular formula is C55H66F6Zr. The van der Waals surface area contributed by atoms with Crippen LogP contribution in [0.4, 0.5) is 26.3 Å². The van der Waals surface area contributed by atoms with Crippen LogP contribution in [0.2, 0.25) is 0 Å². The van der Waals surface area contributed by atoms with E-state index in [0.717, 1.165) is 29.7 Å². The van der Waals surface area contributed by atoms with E-state index in [-0.39, 0.29) is 27.6 Å². The maximum atomic E-state index is 14.8. The second kappa shape index (κ2) is 16.0. The van der Waals surface area contributed by atoms with Crippen LogP contribution in [0.3, 0.4) is 0 Å². The molecule has 0 amide bonds. The molecule has 2 aliphatic carbocycles. The van der Waals surface area contributed by atoms with Gasteiger partial charge in [-0.05, 0) is 0 Å². The molecule has 4 aromatic carbocycles. The van der Waals surface area contributed by atoms with Gasteiger partial charge in [-0.1, -0.05) is 0 Å². The van der Waals surface area contributed by atoms with Gasteiger partial charge in [0.05, 0.1) is 0 Å². The maximum absolute atomic E-state index is 14.8. The van der Waals surface area contributed by atoms with Gasteiger partial charge in [0.25, 0.3) is 0 Å². The molecule has 7 heteroatoms. The van der Waals surface area contributed by atoms with Crippen molar-refractivity contribution >= 4 is 6.48 Å². The first kappa shape index (κ1) is 48.2. The molecule has 62 heavy (non-hydrogen) atoms. The summed E-state index contributed by atoms with van der Waals surface area (Å²) < 4.78 is 91.7. The average molecular weight is 932 g/mol. The molecule has 1 unspecified atom stereocenters. The Labute approximate surface area is 375 Å². The second-order valence-electron chi connectivity index (χ2n) is 22.8. The van der Waals surface area contributed by atoms with Crippen molar-refractivity contribution in [3.05, 3.63) is 143 Å². The van der Waals surface area contributed by atoms with E-state index in [1.54, 1.807) is 12.1 Å². The summed E-state index contributed by atoms with van der Waals surface area (Å²) in [4.78, 5) is 0. The van der Waals surface area contributed by atoms with E-state index in [1.165, 1.54) is 69.8 Å². The Kier molecular flexibility index (Phi) is 12.4. The molecule has 0 aliphatic heterocycles. The van der Waals surface area contributed by atoms with Gasteiger partial charge in [0.1, 0.15) is 0 Å². The summed E-state index contributed by atoms with van der Waals surface area (Å²) >= 11 is -4.04. The molecule has 0 bridgehead atoms. The first-order chi connectivity index (χ1) is 28.1. The van der Waals surface area contributed by atoms with Gasteiger partial charge in [0.15, 0.2) is 0 Å². The fourth-order valence-electron chi connectivity index (χ4n) is 9.53. The van der Waals surface area contributed by atoms with Crippen LogP contribution >= 0.6 is 0 Å². The average Bonchev–Trinajstić information content (AvgIpc) is 3.72. The van der Waals surface area contributed by atoms with Crippen LogP contribution < -0.4 is 3.27 Å². The van der Waals surface area contributed by atoms with Gasteiger partial charge in [0, 0.05) is 0 Å². The third kappa shape index (κ3) is 9.41. The molecule has 0 N–H and O–H groups in total. The molecule has 6 rings (SSSR count). The number of rotatable bonds is 5. The fourth-order valence-corrected chi connectivity index (χ4v) is 19.3. The summed E-state index contributed by atoms with van der Waals surface area (Å²) in [5, 5.41) is 0. The van der Waals surface area contributed by atoms with Crippen LogP contribution in [0.25, 0.3) is 11.1 Å². The van der Waals surface area contributed by atoms with Crippen LogP contribution in [-0.2, 0) is 61.7 Å². The zero-order valence-corrected chi connectivity index (χ0v) is 42.2. The Morgan fingerprint density at radius 2 is 1.03 bits per heavy atom. The van der Waals surface area contributed by atoms with Gasteiger partial charge in [-0.15, -0.1) is 0 Å². The van der Waals surface area contributed by atoms with Gasteiger partial charge in [-0.25, -0.2) is 0 Å². The molecule has 332 valence electrons. The van der Waals surface area contributed by atoms with Crippen molar-refractivity contribution in [2.45, 2.75) is 158 Å². The third-order valence-corrected chi connectivity index (χ3v) is 20.6. The summed E-state index contributed by atoms with van der Waals surface area (Å²) in [5.41, 5.74) is 8.49. The SMILES string of the molecule is CCC1C=C(C(C)(C)C)C=[C]1[Zr](=[C](c1cccc(C(F)(F)F)c1)c1cccc(C(F)(F)F)c1)[c]1c2c(cc(C(C)(C)C)c1C(C)(C)C)-c1cc(C(C)(C)C)c(C(C)(C)C)cc1C2. The predicted octanol–water partition coefficient (Wildman–Crippen LogP) is 15.9. The van der Waals surface area contributed by atoms with E-state index in [1.807, 2.05) is 0 Å². The van der Waals surface area contributed by atoms with Gasteiger partial charge in [-0.2, -0.15) is 0 Å². The number of hydrogen-bond acceptors (Lipinski definition) is 0. The molecule has 0 saturated carbocycles. The van der Waals surface area contributed by atoms with E-state index < -0.39 is 50.2 Å². The number of allylic oxidation sites excluding steroid dienone is 4. The molecule has 0 nitrogen and oxygen atoms in total. The van der Waals surface area contributed by atoms with Gasteiger partial charge < -0.3 is 0 Å². The Balaban J connectivity index is 1.96. The predicted molar refractivity (Wildman–Crippen MR) is 245 cm³/mol. The van der Waals surface area contributed by atoms with E-state index in [2.05, 4.69) is 141 Å². The summed E-state index contributed by atoms with van der Waals surface area (Å²) in [5.74, 6) is -0.0317. The third-order valence-electron chi connectivity index (χ3n) is 12.7. The second-order valence-corrected chi connectivity index (χ2v) is 28.5. The van der Waals surface area contributed by atoms with Crippen molar-refractivity contribution in [2.24, 2.45) is 11.3 Å². The fraction of sp³-hybridized carbons (Fsp3) is 0.473. The first-order valence-electron chi connectivity index (χ1n) is 22.1. The monoisotopic (exact) mass is 930 g/mol. The van der Waals surface area contributed by atoms with Crippen molar-refractivity contribution in [2.75, 3.05) is 0 Å². The van der Waals surface area contributed by atoms with Crippen molar-refractivity contribution in [3.8, 4) is 11.1 Å². The number of fused-ring (bicyclic) bond motifs is 3. The topological polar surface area (TPSA) is 0 Å². The van der Waals surface area contributed by atoms with Crippen LogP contribution in [0.1, 0.15) is 173 Å². The summed E-state index contributed by atoms with van der Waals surface area (Å²) in [6.45, 7) is 35.5. The van der Waals surface area contributed by atoms with Crippen molar-refractivity contribution in [1.29, 1.82) is 0 Å². The minimum atomic E-state index is -4.65. The quantitative estimate of drug-likeness (QED) is 0.154. The van der Waals surface area contributed by atoms with Crippen molar-refractivity contribution in [3.63, 3.8) is 0 Å². The molecule has 0 saturated heterocycles. The Morgan fingerprint density at radius 3 is 1.45 bits per heavy atom. The Hall–Kier alpha value is -3.31. The van der Waals surface area contributed by atoms with Crippen LogP contribution in [-0.4, -0.2) is 3.21 Å². The minimum absolute atomic E-state index is 0.0317. The Morgan fingerprint density at radius 1 is 0.565 bits per heavy atom. The molecule has 0 aromatic heterocycles. The molecule has 2 aliphatic rings. The van der Waals surface area contributed by atoms with Crippen molar-refractivity contribution in [1.82, 2.24) is 0 Å². The van der Waals surface area contributed by atoms with E-state index >= 15 is 0 Å². The number of halogens is 6. The molecule has 0 fully saturated rings. The summed E-state index contributed by atoms with van der Waals surface area (Å²) in [6, 6.07) is 17.9. The standard InChI is InChI=1S/C29H41.C15H8F6.C11H17.Zr/c1-26(2,3)22-14-18-13-19-15-23(27(4,5)6)25(29(10,11)12)17-21(19)20(18)16-24(22)28(7,8)9;16-14(17,18)12-5-1-3-10(8-12)7-11-4-2-6-13(9-11)15(19,20)21;1-5-9-6-7-10(8-9)11(2,3)4;/h14,16-17H,13H2,1-12H3;1-6,8-9H;7-9H,5H2,1-4H3;. The first-order valence-corrected chi connectivity index (χ1v) is 25.8. The van der Waals surface area contributed by atoms with E-state index in [0.29, 0.717) is 20.8 Å². The zero-order chi connectivity index (χ0) is 46.5. The molecule has 0 heterocycles. The summed E-state index contributed by atoms with van der Waals surface area (Å²) in [6.07, 6.45) is -3.28. The normalized spacial score (nSPS) is 16.3. The zero-order valence-electron chi connectivity index (χ0n) is 39.8. The van der Waals surface area contributed by atoms with Gasteiger partial charge in [-0.3, -0.25) is 0 Å². The van der Waals surface area contributed by atoms with Gasteiger partial charge in [0.2, 0.25) is 0 Å². The van der Waals surface area contributed by atoms with Crippen LogP contribution in [0, 0.1) is 11.3 Å². The summed E-state index contributed by atoms with van der Waals surface area (Å²) in [7, 11) is 0. The van der Waals surface area contributed by atoms with Crippen LogP contribution in [0.15, 0.2) is 87.7 Å². The van der Waals surface area contributed by atoms with Crippen LogP contribution in [0.5, 0.6) is 0 Å². The number of alkyl halides is 6. The molecule has 0 radical (unpaired) electrons. The Bertz CT molecular complexity index is 2440. The molecule has 4 aromatic rings. The van der Waals surface area contributed by atoms with E-state index in [9.17, 15) is 26.3 Å². The number of benzene rings is 4.